The molecule has 1 fully saturated rings. The highest BCUT2D eigenvalue weighted by Crippen LogP contribution is 2.62. The SMILES string of the molecule is CCOCC1(CN)C(c2cccc(Cl)c2)C1S(C)(=O)=O. The third kappa shape index (κ3) is 2.72. The van der Waals surface area contributed by atoms with Crippen molar-refractivity contribution < 1.29 is 13.2 Å². The Morgan fingerprint density at radius 3 is 2.65 bits per heavy atom. The summed E-state index contributed by atoms with van der Waals surface area (Å²) in [7, 11) is -3.19. The van der Waals surface area contributed by atoms with Gasteiger partial charge in [-0.05, 0) is 24.6 Å². The Balaban J connectivity index is 2.39. The van der Waals surface area contributed by atoms with Gasteiger partial charge >= 0.3 is 0 Å². The van der Waals surface area contributed by atoms with Crippen LogP contribution in [0.25, 0.3) is 0 Å². The van der Waals surface area contributed by atoms with Crippen molar-refractivity contribution in [3.05, 3.63) is 34.9 Å². The molecule has 1 aliphatic carbocycles. The summed E-state index contributed by atoms with van der Waals surface area (Å²) in [6.07, 6.45) is 1.26. The molecule has 0 aliphatic heterocycles. The second kappa shape index (κ2) is 5.64. The highest BCUT2D eigenvalue weighted by atomic mass is 35.5. The van der Waals surface area contributed by atoms with Crippen LogP contribution in [0.15, 0.2) is 24.3 Å². The molecule has 2 rings (SSSR count). The molecule has 20 heavy (non-hydrogen) atoms. The van der Waals surface area contributed by atoms with E-state index in [0.717, 1.165) is 5.56 Å². The van der Waals surface area contributed by atoms with Crippen molar-refractivity contribution in [2.75, 3.05) is 26.0 Å². The van der Waals surface area contributed by atoms with Crippen molar-refractivity contribution in [1.82, 2.24) is 0 Å². The van der Waals surface area contributed by atoms with Gasteiger partial charge in [0.15, 0.2) is 9.84 Å². The summed E-state index contributed by atoms with van der Waals surface area (Å²) in [5.74, 6) is -0.146. The van der Waals surface area contributed by atoms with Gasteiger partial charge in [0.05, 0.1) is 11.9 Å². The van der Waals surface area contributed by atoms with E-state index < -0.39 is 20.5 Å². The molecule has 1 aromatic rings. The van der Waals surface area contributed by atoms with E-state index in [9.17, 15) is 8.42 Å². The maximum atomic E-state index is 12.1. The Hall–Kier alpha value is -0.620. The van der Waals surface area contributed by atoms with E-state index >= 15 is 0 Å². The summed E-state index contributed by atoms with van der Waals surface area (Å²) in [6, 6.07) is 7.32. The average molecular weight is 318 g/mol. The van der Waals surface area contributed by atoms with Crippen LogP contribution in [0.1, 0.15) is 18.4 Å². The minimum absolute atomic E-state index is 0.146. The minimum Gasteiger partial charge on any atom is -0.381 e. The summed E-state index contributed by atoms with van der Waals surface area (Å²) >= 11 is 6.01. The molecule has 0 radical (unpaired) electrons. The lowest BCUT2D eigenvalue weighted by Crippen LogP contribution is -2.28. The van der Waals surface area contributed by atoms with Crippen LogP contribution in [0.5, 0.6) is 0 Å². The molecule has 4 nitrogen and oxygen atoms in total. The highest BCUT2D eigenvalue weighted by Gasteiger charge is 2.69. The number of hydrogen-bond acceptors (Lipinski definition) is 4. The van der Waals surface area contributed by atoms with Crippen LogP contribution in [-0.4, -0.2) is 39.7 Å². The molecule has 6 heteroatoms. The third-order valence-electron chi connectivity index (χ3n) is 4.00. The van der Waals surface area contributed by atoms with Gasteiger partial charge in [0.1, 0.15) is 0 Å². The van der Waals surface area contributed by atoms with Gasteiger partial charge < -0.3 is 10.5 Å². The van der Waals surface area contributed by atoms with Crippen LogP contribution < -0.4 is 5.73 Å². The van der Waals surface area contributed by atoms with Crippen molar-refractivity contribution >= 4 is 21.4 Å². The average Bonchev–Trinajstić information content (AvgIpc) is 3.06. The second-order valence-electron chi connectivity index (χ2n) is 5.36. The van der Waals surface area contributed by atoms with E-state index in [1.165, 1.54) is 6.26 Å². The molecule has 112 valence electrons. The quantitative estimate of drug-likeness (QED) is 0.869. The first-order chi connectivity index (χ1) is 9.36. The number of hydrogen-bond donors (Lipinski definition) is 1. The summed E-state index contributed by atoms with van der Waals surface area (Å²) in [5, 5.41) is 0.106. The Bertz CT molecular complexity index is 590. The van der Waals surface area contributed by atoms with Gasteiger partial charge in [0.2, 0.25) is 0 Å². The summed E-state index contributed by atoms with van der Waals surface area (Å²) < 4.78 is 29.6. The molecule has 1 aliphatic rings. The maximum absolute atomic E-state index is 12.1. The number of benzene rings is 1. The van der Waals surface area contributed by atoms with Crippen molar-refractivity contribution in [2.45, 2.75) is 18.1 Å². The van der Waals surface area contributed by atoms with Gasteiger partial charge in [-0.3, -0.25) is 0 Å². The van der Waals surface area contributed by atoms with Crippen LogP contribution in [0.2, 0.25) is 5.02 Å². The van der Waals surface area contributed by atoms with E-state index in [2.05, 4.69) is 0 Å². The molecular weight excluding hydrogens is 298 g/mol. The van der Waals surface area contributed by atoms with E-state index in [4.69, 9.17) is 22.1 Å². The zero-order valence-corrected chi connectivity index (χ0v) is 13.2. The standard InChI is InChI=1S/C14H20ClNO3S/c1-3-19-9-14(8-16)12(13(14)20(2,17)18)10-5-4-6-11(15)7-10/h4-7,12-13H,3,8-9,16H2,1-2H3. The van der Waals surface area contributed by atoms with Crippen LogP contribution in [-0.2, 0) is 14.6 Å². The second-order valence-corrected chi connectivity index (χ2v) is 7.96. The maximum Gasteiger partial charge on any atom is 0.151 e. The monoisotopic (exact) mass is 317 g/mol. The van der Waals surface area contributed by atoms with Crippen LogP contribution in [0.4, 0.5) is 0 Å². The van der Waals surface area contributed by atoms with E-state index in [0.29, 0.717) is 18.2 Å². The van der Waals surface area contributed by atoms with Gasteiger partial charge in [0, 0.05) is 35.8 Å². The first-order valence-electron chi connectivity index (χ1n) is 6.59. The lowest BCUT2D eigenvalue weighted by atomic mass is 10.00. The predicted molar refractivity (Wildman–Crippen MR) is 80.8 cm³/mol. The third-order valence-corrected chi connectivity index (χ3v) is 5.90. The Morgan fingerprint density at radius 2 is 2.15 bits per heavy atom. The number of rotatable bonds is 6. The topological polar surface area (TPSA) is 69.4 Å². The highest BCUT2D eigenvalue weighted by molar-refractivity contribution is 7.91. The predicted octanol–water partition coefficient (Wildman–Crippen LogP) is 1.83. The molecule has 0 aromatic heterocycles. The smallest absolute Gasteiger partial charge is 0.151 e. The van der Waals surface area contributed by atoms with Gasteiger partial charge in [-0.15, -0.1) is 0 Å². The van der Waals surface area contributed by atoms with Crippen molar-refractivity contribution in [3.63, 3.8) is 0 Å². The fourth-order valence-corrected chi connectivity index (χ4v) is 5.31. The normalized spacial score (nSPS) is 29.4. The van der Waals surface area contributed by atoms with E-state index in [1.807, 2.05) is 25.1 Å². The van der Waals surface area contributed by atoms with Crippen LogP contribution in [0, 0.1) is 5.41 Å². The Morgan fingerprint density at radius 1 is 1.45 bits per heavy atom. The molecule has 1 aromatic carbocycles. The largest absolute Gasteiger partial charge is 0.381 e. The van der Waals surface area contributed by atoms with Crippen LogP contribution in [0.3, 0.4) is 0 Å². The van der Waals surface area contributed by atoms with Gasteiger partial charge in [-0.25, -0.2) is 8.42 Å². The zero-order valence-electron chi connectivity index (χ0n) is 11.7. The fourth-order valence-electron chi connectivity index (χ4n) is 3.10. The molecular formula is C14H20ClNO3S. The van der Waals surface area contributed by atoms with Crippen molar-refractivity contribution in [1.29, 1.82) is 0 Å². The minimum atomic E-state index is -3.19. The van der Waals surface area contributed by atoms with Crippen molar-refractivity contribution in [2.24, 2.45) is 11.1 Å². The van der Waals surface area contributed by atoms with Gasteiger partial charge in [0.25, 0.3) is 0 Å². The number of nitrogens with two attached hydrogens (primary N) is 1. The Kier molecular flexibility index (Phi) is 4.44. The first kappa shape index (κ1) is 15.8. The Labute approximate surface area is 125 Å². The summed E-state index contributed by atoms with van der Waals surface area (Å²) in [5.41, 5.74) is 6.27. The van der Waals surface area contributed by atoms with Gasteiger partial charge in [-0.2, -0.15) is 0 Å². The lowest BCUT2D eigenvalue weighted by molar-refractivity contribution is 0.101. The molecule has 0 amide bonds. The first-order valence-corrected chi connectivity index (χ1v) is 8.92. The number of ether oxygens (including phenoxy) is 1. The molecule has 0 bridgehead atoms. The van der Waals surface area contributed by atoms with Gasteiger partial charge in [-0.1, -0.05) is 23.7 Å². The molecule has 3 atom stereocenters. The molecule has 0 heterocycles. The number of halogens is 1. The summed E-state index contributed by atoms with van der Waals surface area (Å²) in [6.45, 7) is 3.06. The fraction of sp³-hybridized carbons (Fsp3) is 0.571. The molecule has 2 N–H and O–H groups in total. The zero-order chi connectivity index (χ0) is 15.0. The number of sulfone groups is 1. The van der Waals surface area contributed by atoms with E-state index in [-0.39, 0.29) is 12.5 Å². The van der Waals surface area contributed by atoms with E-state index in [1.54, 1.807) is 6.07 Å². The van der Waals surface area contributed by atoms with Crippen molar-refractivity contribution in [3.8, 4) is 0 Å². The summed E-state index contributed by atoms with van der Waals surface area (Å²) in [4.78, 5) is 0. The molecule has 1 saturated carbocycles. The van der Waals surface area contributed by atoms with Crippen LogP contribution >= 0.6 is 11.6 Å². The molecule has 3 unspecified atom stereocenters. The lowest BCUT2D eigenvalue weighted by Gasteiger charge is -2.15. The molecule has 0 spiro atoms. The molecule has 0 saturated heterocycles.